The van der Waals surface area contributed by atoms with E-state index in [0.717, 1.165) is 32.4 Å². The number of hydrogen-bond donors (Lipinski definition) is 4. The quantitative estimate of drug-likeness (QED) is 0.360. The Kier molecular flexibility index (Phi) is 29.0. The van der Waals surface area contributed by atoms with Gasteiger partial charge in [0.15, 0.2) is 0 Å². The first-order chi connectivity index (χ1) is 7.16. The molecule has 0 aliphatic carbocycles. The van der Waals surface area contributed by atoms with Crippen molar-refractivity contribution in [1.29, 1.82) is 0 Å². The van der Waals surface area contributed by atoms with Gasteiger partial charge < -0.3 is 21.9 Å². The van der Waals surface area contributed by atoms with Crippen LogP contribution in [0.4, 0.5) is 0 Å². The lowest BCUT2D eigenvalue weighted by atomic mass is 10.2. The first-order valence-electron chi connectivity index (χ1n) is 5.57. The normalized spacial score (nSPS) is 10.6. The van der Waals surface area contributed by atoms with Crippen molar-refractivity contribution in [2.75, 3.05) is 13.1 Å². The highest BCUT2D eigenvalue weighted by molar-refractivity contribution is 5.86. The first kappa shape index (κ1) is 26.7. The van der Waals surface area contributed by atoms with Gasteiger partial charge >= 0.3 is 5.97 Å². The van der Waals surface area contributed by atoms with Crippen LogP contribution < -0.4 is 16.8 Å². The second kappa shape index (κ2) is 19.6. The highest BCUT2D eigenvalue weighted by Crippen LogP contribution is 1.98. The molecule has 18 heavy (non-hydrogen) atoms. The lowest BCUT2D eigenvalue weighted by Gasteiger charge is -2.12. The van der Waals surface area contributed by atoms with Gasteiger partial charge in [-0.1, -0.05) is 6.42 Å². The molecule has 0 rings (SSSR count). The number of carbonyl (C=O) groups is 1. The predicted octanol–water partition coefficient (Wildman–Crippen LogP) is 1.51. The molecule has 0 heterocycles. The highest BCUT2D eigenvalue weighted by Gasteiger charge is 2.02. The summed E-state index contributed by atoms with van der Waals surface area (Å²) in [6, 6.07) is 0. The summed E-state index contributed by atoms with van der Waals surface area (Å²) in [5.41, 5.74) is 11.1. The molecule has 0 unspecified atom stereocenters. The van der Waals surface area contributed by atoms with Crippen molar-refractivity contribution in [2.24, 2.45) is 11.5 Å². The molecule has 0 saturated carbocycles. The fourth-order valence-electron chi connectivity index (χ4n) is 1.31. The van der Waals surface area contributed by atoms with E-state index in [2.05, 4.69) is 5.32 Å². The summed E-state index contributed by atoms with van der Waals surface area (Å²) in [7, 11) is 0. The van der Waals surface area contributed by atoms with Crippen LogP contribution in [0.3, 0.4) is 0 Å². The van der Waals surface area contributed by atoms with Gasteiger partial charge in [-0.25, -0.2) is 0 Å². The van der Waals surface area contributed by atoms with Gasteiger partial charge in [-0.05, 0) is 38.8 Å². The summed E-state index contributed by atoms with van der Waals surface area (Å²) in [6.45, 7) is 1.62. The third-order valence-electron chi connectivity index (χ3n) is 2.19. The molecule has 0 fully saturated rings. The van der Waals surface area contributed by atoms with Gasteiger partial charge in [-0.15, -0.1) is 37.2 Å². The predicted molar refractivity (Wildman–Crippen MR) is 82.1 cm³/mol. The minimum absolute atomic E-state index is 0. The largest absolute Gasteiger partial charge is 0.481 e. The lowest BCUT2D eigenvalue weighted by Crippen LogP contribution is -2.37. The van der Waals surface area contributed by atoms with Crippen molar-refractivity contribution in [3.8, 4) is 0 Å². The van der Waals surface area contributed by atoms with Crippen molar-refractivity contribution >= 4 is 43.2 Å². The second-order valence-electron chi connectivity index (χ2n) is 3.70. The molecular weight excluding hydrogens is 300 g/mol. The van der Waals surface area contributed by atoms with Crippen LogP contribution in [0.5, 0.6) is 0 Å². The molecule has 0 aromatic rings. The summed E-state index contributed by atoms with van der Waals surface area (Å²) in [5.74, 6) is -0.759. The van der Waals surface area contributed by atoms with Crippen molar-refractivity contribution in [2.45, 2.75) is 44.7 Å². The Balaban J connectivity index is -0.000000327. The number of carboxylic acid groups (broad SMARTS) is 1. The van der Waals surface area contributed by atoms with Gasteiger partial charge in [0.1, 0.15) is 0 Å². The molecule has 6 N–H and O–H groups in total. The van der Waals surface area contributed by atoms with Crippen molar-refractivity contribution in [3.05, 3.63) is 0 Å². The van der Waals surface area contributed by atoms with E-state index in [1.54, 1.807) is 0 Å². The third-order valence-corrected chi connectivity index (χ3v) is 2.19. The van der Waals surface area contributed by atoms with Gasteiger partial charge in [0, 0.05) is 6.42 Å². The maximum absolute atomic E-state index is 10.2. The maximum Gasteiger partial charge on any atom is 0.303 e. The highest BCUT2D eigenvalue weighted by atomic mass is 35.5. The Morgan fingerprint density at radius 3 is 2.22 bits per heavy atom. The molecule has 1 atom stereocenters. The molecular formula is C10H26Cl3N3O2. The number of rotatable bonds is 10. The van der Waals surface area contributed by atoms with E-state index >= 15 is 0 Å². The first-order valence-corrected chi connectivity index (χ1v) is 5.57. The SMILES string of the molecule is Cl.Cl.Cl.NCCCCCN[C@H](N)CCCC(=O)O. The molecule has 0 aliphatic heterocycles. The van der Waals surface area contributed by atoms with Gasteiger partial charge in [0.25, 0.3) is 0 Å². The summed E-state index contributed by atoms with van der Waals surface area (Å²) < 4.78 is 0. The monoisotopic (exact) mass is 325 g/mol. The number of nitrogens with one attached hydrogen (secondary N) is 1. The zero-order chi connectivity index (χ0) is 11.5. The lowest BCUT2D eigenvalue weighted by molar-refractivity contribution is -0.137. The summed E-state index contributed by atoms with van der Waals surface area (Å²) >= 11 is 0. The smallest absolute Gasteiger partial charge is 0.303 e. The molecule has 8 heteroatoms. The molecule has 0 saturated heterocycles. The van der Waals surface area contributed by atoms with Crippen LogP contribution in [0.25, 0.3) is 0 Å². The average molecular weight is 327 g/mol. The minimum Gasteiger partial charge on any atom is -0.481 e. The Morgan fingerprint density at radius 2 is 1.72 bits per heavy atom. The van der Waals surface area contributed by atoms with Gasteiger partial charge in [0.2, 0.25) is 0 Å². The van der Waals surface area contributed by atoms with E-state index < -0.39 is 5.97 Å². The molecule has 0 bridgehead atoms. The summed E-state index contributed by atoms with van der Waals surface area (Å²) in [6.07, 6.45) is 4.70. The average Bonchev–Trinajstić information content (AvgIpc) is 2.17. The zero-order valence-corrected chi connectivity index (χ0v) is 12.9. The van der Waals surface area contributed by atoms with Gasteiger partial charge in [0.05, 0.1) is 6.17 Å². The van der Waals surface area contributed by atoms with Crippen molar-refractivity contribution < 1.29 is 9.90 Å². The van der Waals surface area contributed by atoms with Gasteiger partial charge in [-0.3, -0.25) is 4.79 Å². The van der Waals surface area contributed by atoms with Crippen LogP contribution in [0.15, 0.2) is 0 Å². The fraction of sp³-hybridized carbons (Fsp3) is 0.900. The van der Waals surface area contributed by atoms with E-state index in [-0.39, 0.29) is 49.8 Å². The number of hydrogen-bond acceptors (Lipinski definition) is 4. The standard InChI is InChI=1S/C10H23N3O2.3ClH/c11-7-2-1-3-8-13-9(12)5-4-6-10(14)15;;;/h9,13H,1-8,11-12H2,(H,14,15);3*1H/t9-;;;/m0.../s1. The molecule has 0 aromatic carbocycles. The molecule has 0 aromatic heterocycles. The van der Waals surface area contributed by atoms with Crippen LogP contribution in [0.2, 0.25) is 0 Å². The topological polar surface area (TPSA) is 101 Å². The molecule has 5 nitrogen and oxygen atoms in total. The van der Waals surface area contributed by atoms with Crippen LogP contribution in [0, 0.1) is 0 Å². The van der Waals surface area contributed by atoms with E-state index in [0.29, 0.717) is 12.8 Å². The number of halogens is 3. The summed E-state index contributed by atoms with van der Waals surface area (Å²) in [5, 5.41) is 11.6. The fourth-order valence-corrected chi connectivity index (χ4v) is 1.31. The third kappa shape index (κ3) is 21.5. The van der Waals surface area contributed by atoms with E-state index in [1.807, 2.05) is 0 Å². The Morgan fingerprint density at radius 1 is 1.11 bits per heavy atom. The number of aliphatic carboxylic acids is 1. The maximum atomic E-state index is 10.2. The minimum atomic E-state index is -0.759. The van der Waals surface area contributed by atoms with Crippen molar-refractivity contribution in [1.82, 2.24) is 5.32 Å². The van der Waals surface area contributed by atoms with Crippen LogP contribution in [-0.4, -0.2) is 30.3 Å². The zero-order valence-electron chi connectivity index (χ0n) is 10.5. The molecule has 0 amide bonds. The van der Waals surface area contributed by atoms with Gasteiger partial charge in [-0.2, -0.15) is 0 Å². The molecule has 0 aliphatic rings. The Hall–Kier alpha value is 0.220. The molecule has 0 spiro atoms. The van der Waals surface area contributed by atoms with E-state index in [9.17, 15) is 4.79 Å². The Bertz CT molecular complexity index is 176. The van der Waals surface area contributed by atoms with Crippen LogP contribution in [-0.2, 0) is 4.79 Å². The number of carboxylic acids is 1. The van der Waals surface area contributed by atoms with Crippen molar-refractivity contribution in [3.63, 3.8) is 0 Å². The van der Waals surface area contributed by atoms with E-state index in [1.165, 1.54) is 0 Å². The van der Waals surface area contributed by atoms with Crippen LogP contribution in [0.1, 0.15) is 38.5 Å². The Labute approximate surface area is 128 Å². The molecule has 114 valence electrons. The molecule has 0 radical (unpaired) electrons. The summed E-state index contributed by atoms with van der Waals surface area (Å²) in [4.78, 5) is 10.2. The second-order valence-corrected chi connectivity index (χ2v) is 3.70. The number of unbranched alkanes of at least 4 members (excludes halogenated alkanes) is 2. The van der Waals surface area contributed by atoms with Crippen LogP contribution >= 0.6 is 37.2 Å². The van der Waals surface area contributed by atoms with E-state index in [4.69, 9.17) is 16.6 Å². The number of nitrogens with two attached hydrogens (primary N) is 2.